The molecular formula is C19H26BrN3O2. The average molecular weight is 408 g/mol. The van der Waals surface area contributed by atoms with Crippen molar-refractivity contribution in [3.8, 4) is 0 Å². The first kappa shape index (κ1) is 18.4. The summed E-state index contributed by atoms with van der Waals surface area (Å²) in [4.78, 5) is 28.8. The predicted octanol–water partition coefficient (Wildman–Crippen LogP) is 2.65. The molecule has 1 atom stereocenters. The fourth-order valence-electron chi connectivity index (χ4n) is 3.67. The van der Waals surface area contributed by atoms with Crippen molar-refractivity contribution in [1.82, 2.24) is 10.2 Å². The van der Waals surface area contributed by atoms with E-state index >= 15 is 0 Å². The van der Waals surface area contributed by atoms with Crippen molar-refractivity contribution in [3.63, 3.8) is 0 Å². The van der Waals surface area contributed by atoms with Gasteiger partial charge in [-0.25, -0.2) is 0 Å². The number of rotatable bonds is 5. The minimum Gasteiger partial charge on any atom is -0.356 e. The van der Waals surface area contributed by atoms with E-state index in [9.17, 15) is 9.59 Å². The van der Waals surface area contributed by atoms with E-state index in [0.717, 1.165) is 36.2 Å². The van der Waals surface area contributed by atoms with Crippen LogP contribution in [0, 0.1) is 11.8 Å². The second kappa shape index (κ2) is 8.32. The Morgan fingerprint density at radius 2 is 2.08 bits per heavy atom. The number of nitrogens with one attached hydrogen (secondary N) is 1. The molecule has 0 aromatic heterocycles. The van der Waals surface area contributed by atoms with E-state index in [1.54, 1.807) is 4.90 Å². The summed E-state index contributed by atoms with van der Waals surface area (Å²) in [6, 6.07) is 7.65. The van der Waals surface area contributed by atoms with Crippen molar-refractivity contribution in [3.05, 3.63) is 28.7 Å². The summed E-state index contributed by atoms with van der Waals surface area (Å²) in [6.07, 6.45) is 3.76. The molecule has 2 heterocycles. The van der Waals surface area contributed by atoms with Crippen molar-refractivity contribution >= 4 is 33.4 Å². The van der Waals surface area contributed by atoms with Gasteiger partial charge in [0.2, 0.25) is 11.8 Å². The van der Waals surface area contributed by atoms with E-state index in [1.807, 2.05) is 24.3 Å². The monoisotopic (exact) mass is 407 g/mol. The highest BCUT2D eigenvalue weighted by Gasteiger charge is 2.35. The Labute approximate surface area is 157 Å². The summed E-state index contributed by atoms with van der Waals surface area (Å²) < 4.78 is 0.934. The van der Waals surface area contributed by atoms with Crippen molar-refractivity contribution in [2.24, 2.45) is 11.8 Å². The van der Waals surface area contributed by atoms with Crippen LogP contribution >= 0.6 is 15.9 Å². The number of halogens is 1. The summed E-state index contributed by atoms with van der Waals surface area (Å²) in [5.41, 5.74) is 0.848. The zero-order chi connectivity index (χ0) is 17.8. The Balaban J connectivity index is 1.46. The number of piperidine rings is 1. The molecule has 2 saturated heterocycles. The van der Waals surface area contributed by atoms with Crippen LogP contribution in [-0.2, 0) is 9.59 Å². The molecule has 1 N–H and O–H groups in total. The first-order valence-electron chi connectivity index (χ1n) is 9.05. The summed E-state index contributed by atoms with van der Waals surface area (Å²) in [7, 11) is 2.16. The Bertz CT molecular complexity index is 629. The molecule has 0 aliphatic carbocycles. The largest absolute Gasteiger partial charge is 0.356 e. The van der Waals surface area contributed by atoms with Gasteiger partial charge in [-0.15, -0.1) is 0 Å². The second-order valence-electron chi connectivity index (χ2n) is 7.21. The Hall–Kier alpha value is -1.40. The fourth-order valence-corrected chi connectivity index (χ4v) is 4.06. The molecule has 136 valence electrons. The maximum absolute atomic E-state index is 12.4. The quantitative estimate of drug-likeness (QED) is 0.815. The van der Waals surface area contributed by atoms with Gasteiger partial charge in [0.1, 0.15) is 0 Å². The van der Waals surface area contributed by atoms with Crippen molar-refractivity contribution in [2.45, 2.75) is 25.7 Å². The molecule has 0 spiro atoms. The number of amides is 2. The summed E-state index contributed by atoms with van der Waals surface area (Å²) >= 11 is 3.43. The zero-order valence-electron chi connectivity index (χ0n) is 14.7. The number of hydrogen-bond donors (Lipinski definition) is 1. The lowest BCUT2D eigenvalue weighted by molar-refractivity contribution is -0.126. The molecular weight excluding hydrogens is 382 g/mol. The van der Waals surface area contributed by atoms with Gasteiger partial charge in [-0.3, -0.25) is 9.59 Å². The van der Waals surface area contributed by atoms with Gasteiger partial charge in [-0.1, -0.05) is 22.0 Å². The van der Waals surface area contributed by atoms with Crippen LogP contribution < -0.4 is 10.2 Å². The van der Waals surface area contributed by atoms with E-state index in [1.165, 1.54) is 12.8 Å². The number of benzene rings is 1. The molecule has 2 amide bonds. The smallest absolute Gasteiger partial charge is 0.227 e. The molecule has 1 unspecified atom stereocenters. The number of carbonyl (C=O) groups is 2. The molecule has 0 bridgehead atoms. The van der Waals surface area contributed by atoms with Gasteiger partial charge in [0, 0.05) is 29.7 Å². The number of nitrogens with zero attached hydrogens (tertiary/aromatic N) is 2. The lowest BCUT2D eigenvalue weighted by Crippen LogP contribution is -2.35. The molecule has 25 heavy (non-hydrogen) atoms. The number of likely N-dealkylation sites (tertiary alicyclic amines) is 1. The highest BCUT2D eigenvalue weighted by molar-refractivity contribution is 9.10. The van der Waals surface area contributed by atoms with E-state index in [4.69, 9.17) is 0 Å². The van der Waals surface area contributed by atoms with E-state index in [2.05, 4.69) is 33.2 Å². The highest BCUT2D eigenvalue weighted by Crippen LogP contribution is 2.27. The van der Waals surface area contributed by atoms with Gasteiger partial charge in [-0.05, 0) is 63.5 Å². The van der Waals surface area contributed by atoms with Crippen molar-refractivity contribution < 1.29 is 9.59 Å². The summed E-state index contributed by atoms with van der Waals surface area (Å²) in [5.74, 6) is 0.496. The molecule has 0 radical (unpaired) electrons. The predicted molar refractivity (Wildman–Crippen MR) is 102 cm³/mol. The molecule has 1 aromatic rings. The van der Waals surface area contributed by atoms with Crippen molar-refractivity contribution in [2.75, 3.05) is 38.1 Å². The maximum Gasteiger partial charge on any atom is 0.227 e. The third-order valence-electron chi connectivity index (χ3n) is 5.31. The molecule has 6 heteroatoms. The Kier molecular flexibility index (Phi) is 6.12. The van der Waals surface area contributed by atoms with Gasteiger partial charge in [0.25, 0.3) is 0 Å². The summed E-state index contributed by atoms with van der Waals surface area (Å²) in [5, 5.41) is 3.05. The second-order valence-corrected chi connectivity index (χ2v) is 8.13. The van der Waals surface area contributed by atoms with Gasteiger partial charge in [0.05, 0.1) is 5.92 Å². The highest BCUT2D eigenvalue weighted by atomic mass is 79.9. The minimum atomic E-state index is -0.246. The summed E-state index contributed by atoms with van der Waals surface area (Å²) in [6.45, 7) is 3.48. The fraction of sp³-hybridized carbons (Fsp3) is 0.579. The van der Waals surface area contributed by atoms with E-state index in [-0.39, 0.29) is 17.7 Å². The van der Waals surface area contributed by atoms with Crippen LogP contribution in [0.2, 0.25) is 0 Å². The van der Waals surface area contributed by atoms with Crippen LogP contribution in [0.3, 0.4) is 0 Å². The van der Waals surface area contributed by atoms with Gasteiger partial charge < -0.3 is 15.1 Å². The van der Waals surface area contributed by atoms with Crippen LogP contribution in [0.25, 0.3) is 0 Å². The van der Waals surface area contributed by atoms with Crippen LogP contribution in [-0.4, -0.2) is 49.9 Å². The maximum atomic E-state index is 12.4. The van der Waals surface area contributed by atoms with Crippen LogP contribution in [0.5, 0.6) is 0 Å². The molecule has 5 nitrogen and oxygen atoms in total. The van der Waals surface area contributed by atoms with Crippen LogP contribution in [0.1, 0.15) is 25.7 Å². The number of anilines is 1. The third kappa shape index (κ3) is 4.82. The third-order valence-corrected chi connectivity index (χ3v) is 5.80. The standard InChI is InChI=1S/C19H26BrN3O2/c1-22-9-6-14(7-10-22)5-8-21-19(25)15-11-18(24)23(13-15)17-4-2-3-16(20)12-17/h2-4,12,14-15H,5-11,13H2,1H3,(H,21,25). The van der Waals surface area contributed by atoms with E-state index in [0.29, 0.717) is 18.9 Å². The molecule has 3 rings (SSSR count). The molecule has 1 aromatic carbocycles. The number of hydrogen-bond acceptors (Lipinski definition) is 3. The molecule has 0 saturated carbocycles. The SMILES string of the molecule is CN1CCC(CCNC(=O)C2CC(=O)N(c3cccc(Br)c3)C2)CC1. The Morgan fingerprint density at radius 3 is 2.80 bits per heavy atom. The topological polar surface area (TPSA) is 52.7 Å². The average Bonchev–Trinajstić information content (AvgIpc) is 2.98. The Morgan fingerprint density at radius 1 is 1.32 bits per heavy atom. The van der Waals surface area contributed by atoms with Crippen molar-refractivity contribution in [1.29, 1.82) is 0 Å². The lowest BCUT2D eigenvalue weighted by atomic mass is 9.94. The molecule has 2 aliphatic heterocycles. The van der Waals surface area contributed by atoms with Gasteiger partial charge in [-0.2, -0.15) is 0 Å². The minimum absolute atomic E-state index is 0.0128. The zero-order valence-corrected chi connectivity index (χ0v) is 16.3. The number of carbonyl (C=O) groups excluding carboxylic acids is 2. The van der Waals surface area contributed by atoms with Gasteiger partial charge in [0.15, 0.2) is 0 Å². The first-order valence-corrected chi connectivity index (χ1v) is 9.84. The van der Waals surface area contributed by atoms with Gasteiger partial charge >= 0.3 is 0 Å². The molecule has 2 fully saturated rings. The lowest BCUT2D eigenvalue weighted by Gasteiger charge is -2.29. The van der Waals surface area contributed by atoms with E-state index < -0.39 is 0 Å². The molecule has 2 aliphatic rings. The van der Waals surface area contributed by atoms with Crippen LogP contribution in [0.15, 0.2) is 28.7 Å². The van der Waals surface area contributed by atoms with Crippen LogP contribution in [0.4, 0.5) is 5.69 Å². The normalized spacial score (nSPS) is 22.4. The first-order chi connectivity index (χ1) is 12.0.